The first kappa shape index (κ1) is 18.9. The highest BCUT2D eigenvalue weighted by Crippen LogP contribution is 2.29. The van der Waals surface area contributed by atoms with E-state index in [9.17, 15) is 0 Å². The predicted octanol–water partition coefficient (Wildman–Crippen LogP) is 3.03. The third kappa shape index (κ3) is 4.34. The zero-order chi connectivity index (χ0) is 20.1. The summed E-state index contributed by atoms with van der Waals surface area (Å²) in [5, 5.41) is 15.3. The molecule has 0 aliphatic rings. The highest BCUT2D eigenvalue weighted by molar-refractivity contribution is 7.80. The maximum Gasteiger partial charge on any atom is 0.170 e. The fourth-order valence-electron chi connectivity index (χ4n) is 2.84. The van der Waals surface area contributed by atoms with E-state index in [0.29, 0.717) is 28.6 Å². The smallest absolute Gasteiger partial charge is 0.170 e. The van der Waals surface area contributed by atoms with Gasteiger partial charge in [0.25, 0.3) is 0 Å². The van der Waals surface area contributed by atoms with Crippen LogP contribution in [-0.2, 0) is 0 Å². The number of aliphatic hydroxyl groups excluding tert-OH is 1. The molecule has 0 aliphatic carbocycles. The lowest BCUT2D eigenvalue weighted by atomic mass is 10.1. The minimum Gasteiger partial charge on any atom is -0.395 e. The molecule has 4 rings (SSSR count). The van der Waals surface area contributed by atoms with E-state index in [-0.39, 0.29) is 6.61 Å². The molecule has 144 valence electrons. The Hall–Kier alpha value is -3.49. The minimum absolute atomic E-state index is 0.00868. The molecule has 0 unspecified atom stereocenters. The van der Waals surface area contributed by atoms with Gasteiger partial charge in [0.05, 0.1) is 29.0 Å². The maximum atomic E-state index is 8.90. The third-order valence-electron chi connectivity index (χ3n) is 4.13. The van der Waals surface area contributed by atoms with Gasteiger partial charge in [0.15, 0.2) is 5.11 Å². The predicted molar refractivity (Wildman–Crippen MR) is 117 cm³/mol. The van der Waals surface area contributed by atoms with Crippen molar-refractivity contribution >= 4 is 34.1 Å². The van der Waals surface area contributed by atoms with E-state index in [1.807, 2.05) is 54.6 Å². The number of fused-ring (bicyclic) bond motifs is 1. The summed E-state index contributed by atoms with van der Waals surface area (Å²) in [6.45, 7) is 0.394. The van der Waals surface area contributed by atoms with E-state index in [0.717, 1.165) is 22.6 Å². The first-order valence-electron chi connectivity index (χ1n) is 9.05. The number of aliphatic hydroxyl groups is 1. The maximum absolute atomic E-state index is 8.90. The number of nitrogens with one attached hydrogen (secondary N) is 2. The number of thiocarbonyl (C=S) groups is 1. The summed E-state index contributed by atoms with van der Waals surface area (Å²) in [6.07, 6.45) is 3.46. The van der Waals surface area contributed by atoms with E-state index in [1.165, 1.54) is 0 Å². The van der Waals surface area contributed by atoms with Crippen LogP contribution in [0.5, 0.6) is 0 Å². The molecule has 0 atom stereocenters. The van der Waals surface area contributed by atoms with Gasteiger partial charge in [0, 0.05) is 24.6 Å². The van der Waals surface area contributed by atoms with Crippen molar-refractivity contribution in [1.82, 2.24) is 25.3 Å². The second-order valence-corrected chi connectivity index (χ2v) is 6.57. The number of pyridine rings is 2. The third-order valence-corrected chi connectivity index (χ3v) is 4.38. The topological polar surface area (TPSA) is 95.8 Å². The summed E-state index contributed by atoms with van der Waals surface area (Å²) in [7, 11) is 0. The van der Waals surface area contributed by atoms with Gasteiger partial charge in [-0.1, -0.05) is 12.1 Å². The highest BCUT2D eigenvalue weighted by Gasteiger charge is 2.15. The lowest BCUT2D eigenvalue weighted by molar-refractivity contribution is 0.301. The van der Waals surface area contributed by atoms with Crippen molar-refractivity contribution in [2.45, 2.75) is 0 Å². The average Bonchev–Trinajstić information content (AvgIpc) is 2.78. The molecule has 0 fully saturated rings. The van der Waals surface area contributed by atoms with Crippen LogP contribution < -0.4 is 10.6 Å². The van der Waals surface area contributed by atoms with Crippen LogP contribution in [0.25, 0.3) is 33.8 Å². The Morgan fingerprint density at radius 1 is 0.862 bits per heavy atom. The lowest BCUT2D eigenvalue weighted by Crippen LogP contribution is -2.30. The monoisotopic (exact) mass is 402 g/mol. The number of hydrogen-bond donors (Lipinski definition) is 3. The molecular weight excluding hydrogens is 384 g/mol. The largest absolute Gasteiger partial charge is 0.395 e. The van der Waals surface area contributed by atoms with Gasteiger partial charge in [-0.25, -0.2) is 9.97 Å². The van der Waals surface area contributed by atoms with Gasteiger partial charge in [-0.3, -0.25) is 9.97 Å². The van der Waals surface area contributed by atoms with Crippen molar-refractivity contribution in [2.75, 3.05) is 18.5 Å². The van der Waals surface area contributed by atoms with E-state index in [2.05, 4.69) is 20.6 Å². The molecule has 8 heteroatoms. The summed E-state index contributed by atoms with van der Waals surface area (Å²) in [5.74, 6) is 0. The van der Waals surface area contributed by atoms with Crippen LogP contribution in [0.1, 0.15) is 0 Å². The van der Waals surface area contributed by atoms with Crippen LogP contribution in [0.15, 0.2) is 67.0 Å². The fraction of sp³-hybridized carbons (Fsp3) is 0.0952. The quantitative estimate of drug-likeness (QED) is 0.439. The normalized spacial score (nSPS) is 10.7. The number of aromatic nitrogens is 4. The Morgan fingerprint density at radius 3 is 2.10 bits per heavy atom. The fourth-order valence-corrected chi connectivity index (χ4v) is 3.06. The van der Waals surface area contributed by atoms with Gasteiger partial charge >= 0.3 is 0 Å². The van der Waals surface area contributed by atoms with Crippen molar-refractivity contribution in [2.24, 2.45) is 0 Å². The van der Waals surface area contributed by atoms with Gasteiger partial charge in [0.1, 0.15) is 11.4 Å². The zero-order valence-electron chi connectivity index (χ0n) is 15.4. The van der Waals surface area contributed by atoms with Crippen LogP contribution in [0.4, 0.5) is 5.69 Å². The Morgan fingerprint density at radius 2 is 1.52 bits per heavy atom. The van der Waals surface area contributed by atoms with Crippen molar-refractivity contribution in [1.29, 1.82) is 0 Å². The molecule has 3 N–H and O–H groups in total. The van der Waals surface area contributed by atoms with Crippen LogP contribution in [0.3, 0.4) is 0 Å². The highest BCUT2D eigenvalue weighted by atomic mass is 32.1. The number of nitrogens with zero attached hydrogens (tertiary/aromatic N) is 4. The van der Waals surface area contributed by atoms with Crippen molar-refractivity contribution in [3.63, 3.8) is 0 Å². The molecule has 0 amide bonds. The molecule has 7 nitrogen and oxygen atoms in total. The molecule has 1 aromatic carbocycles. The van der Waals surface area contributed by atoms with Gasteiger partial charge < -0.3 is 15.7 Å². The van der Waals surface area contributed by atoms with Crippen LogP contribution in [0.2, 0.25) is 0 Å². The van der Waals surface area contributed by atoms with Crippen molar-refractivity contribution in [3.8, 4) is 22.8 Å². The van der Waals surface area contributed by atoms with Gasteiger partial charge in [-0.2, -0.15) is 0 Å². The Labute approximate surface area is 172 Å². The molecule has 0 bridgehead atoms. The SMILES string of the molecule is OCCNC(=S)Nc1ccc2nc(-c3ccccn3)c(-c3ccccn3)nc2c1. The van der Waals surface area contributed by atoms with Crippen LogP contribution >= 0.6 is 12.2 Å². The van der Waals surface area contributed by atoms with Crippen molar-refractivity contribution in [3.05, 3.63) is 67.0 Å². The number of hydrogen-bond acceptors (Lipinski definition) is 6. The molecule has 0 saturated heterocycles. The van der Waals surface area contributed by atoms with Gasteiger partial charge in [0.2, 0.25) is 0 Å². The standard InChI is InChI=1S/C21H18N6OS/c28-12-11-24-21(29)25-14-7-8-15-18(13-14)27-20(17-6-2-4-10-23-17)19(26-15)16-5-1-3-9-22-16/h1-10,13,28H,11-12H2,(H2,24,25,29). The second-order valence-electron chi connectivity index (χ2n) is 6.16. The lowest BCUT2D eigenvalue weighted by Gasteiger charge is -2.12. The minimum atomic E-state index is 0.00868. The van der Waals surface area contributed by atoms with Gasteiger partial charge in [-0.15, -0.1) is 0 Å². The van der Waals surface area contributed by atoms with E-state index in [1.54, 1.807) is 12.4 Å². The molecule has 0 saturated carbocycles. The van der Waals surface area contributed by atoms with E-state index < -0.39 is 0 Å². The summed E-state index contributed by atoms with van der Waals surface area (Å²) >= 11 is 5.22. The summed E-state index contributed by atoms with van der Waals surface area (Å²) in [6, 6.07) is 17.0. The Bertz CT molecular complexity index is 1140. The van der Waals surface area contributed by atoms with Crippen molar-refractivity contribution < 1.29 is 5.11 Å². The second kappa shape index (κ2) is 8.68. The number of anilines is 1. The molecule has 0 radical (unpaired) electrons. The van der Waals surface area contributed by atoms with Crippen LogP contribution in [-0.4, -0.2) is 43.3 Å². The van der Waals surface area contributed by atoms with Gasteiger partial charge in [-0.05, 0) is 54.7 Å². The Balaban J connectivity index is 1.79. The molecular formula is C21H18N6OS. The summed E-state index contributed by atoms with van der Waals surface area (Å²) < 4.78 is 0. The average molecular weight is 402 g/mol. The molecule has 0 aliphatic heterocycles. The molecule has 29 heavy (non-hydrogen) atoms. The summed E-state index contributed by atoms with van der Waals surface area (Å²) in [4.78, 5) is 18.5. The molecule has 4 aromatic rings. The summed E-state index contributed by atoms with van der Waals surface area (Å²) in [5.41, 5.74) is 5.03. The van der Waals surface area contributed by atoms with E-state index >= 15 is 0 Å². The first-order chi connectivity index (χ1) is 14.2. The molecule has 3 aromatic heterocycles. The number of rotatable bonds is 5. The Kier molecular flexibility index (Phi) is 5.64. The zero-order valence-corrected chi connectivity index (χ0v) is 16.2. The first-order valence-corrected chi connectivity index (χ1v) is 9.46. The van der Waals surface area contributed by atoms with E-state index in [4.69, 9.17) is 27.3 Å². The molecule has 3 heterocycles. The van der Waals surface area contributed by atoms with Crippen LogP contribution in [0, 0.1) is 0 Å². The number of benzene rings is 1. The molecule has 0 spiro atoms.